The van der Waals surface area contributed by atoms with Crippen molar-refractivity contribution >= 4 is 85.2 Å². The second-order valence-electron chi connectivity index (χ2n) is 10.5. The molecule has 9 rings (SSSR count). The van der Waals surface area contributed by atoms with Gasteiger partial charge in [0.25, 0.3) is 0 Å². The maximum atomic E-state index is 2.35. The summed E-state index contributed by atoms with van der Waals surface area (Å²) in [6.45, 7) is 0. The summed E-state index contributed by atoms with van der Waals surface area (Å²) in [5.41, 5.74) is 5.22. The molecule has 0 saturated heterocycles. The molecule has 0 unspecified atom stereocenters. The number of hydrogen-bond donors (Lipinski definition) is 0. The SMILES string of the molecule is c1ccc2cc(-c3c4ccccc4c(-c4cccc5c4sc4ccc6ccsc6c45)c4ccccc34)ccc2c1. The Hall–Kier alpha value is -4.50. The van der Waals surface area contributed by atoms with E-state index in [9.17, 15) is 0 Å². The van der Waals surface area contributed by atoms with Gasteiger partial charge in [-0.15, -0.1) is 22.7 Å². The zero-order valence-electron chi connectivity index (χ0n) is 21.5. The van der Waals surface area contributed by atoms with E-state index in [1.807, 2.05) is 22.7 Å². The standard InChI is InChI=1S/C38H22S2/c1-2-9-25-22-26(17-16-23(25)8-1)34-27-10-3-5-12-29(27)35(30-13-6-4-11-28(30)34)31-14-7-15-32-36-33(40-38(31)32)19-18-24-20-21-39-37(24)36/h1-22H. The van der Waals surface area contributed by atoms with E-state index in [0.29, 0.717) is 0 Å². The van der Waals surface area contributed by atoms with Crippen molar-refractivity contribution in [3.8, 4) is 22.3 Å². The number of hydrogen-bond acceptors (Lipinski definition) is 2. The third-order valence-corrected chi connectivity index (χ3v) is 10.5. The molecule has 186 valence electrons. The van der Waals surface area contributed by atoms with Crippen molar-refractivity contribution in [1.82, 2.24) is 0 Å². The number of benzene rings is 7. The van der Waals surface area contributed by atoms with Gasteiger partial charge < -0.3 is 0 Å². The van der Waals surface area contributed by atoms with Gasteiger partial charge in [0, 0.05) is 30.4 Å². The van der Waals surface area contributed by atoms with Crippen LogP contribution < -0.4 is 0 Å². The van der Waals surface area contributed by atoms with Gasteiger partial charge in [0.1, 0.15) is 0 Å². The minimum atomic E-state index is 1.26. The fourth-order valence-electron chi connectivity index (χ4n) is 6.58. The molecule has 2 aromatic heterocycles. The number of rotatable bonds is 2. The Morgan fingerprint density at radius 2 is 1.07 bits per heavy atom. The maximum absolute atomic E-state index is 2.35. The highest BCUT2D eigenvalue weighted by Crippen LogP contribution is 2.49. The highest BCUT2D eigenvalue weighted by atomic mass is 32.1. The van der Waals surface area contributed by atoms with Crippen molar-refractivity contribution in [3.05, 3.63) is 133 Å². The summed E-state index contributed by atoms with van der Waals surface area (Å²) in [5.74, 6) is 0. The molecule has 0 bridgehead atoms. The Bertz CT molecular complexity index is 2380. The average Bonchev–Trinajstić information content (AvgIpc) is 3.64. The summed E-state index contributed by atoms with van der Waals surface area (Å²) in [5, 5.41) is 14.0. The van der Waals surface area contributed by atoms with Crippen molar-refractivity contribution in [3.63, 3.8) is 0 Å². The zero-order chi connectivity index (χ0) is 26.2. The third kappa shape index (κ3) is 3.12. The van der Waals surface area contributed by atoms with Gasteiger partial charge in [0.2, 0.25) is 0 Å². The smallest absolute Gasteiger partial charge is 0.0435 e. The lowest BCUT2D eigenvalue weighted by atomic mass is 9.85. The molecule has 0 fully saturated rings. The van der Waals surface area contributed by atoms with Crippen molar-refractivity contribution in [2.75, 3.05) is 0 Å². The second kappa shape index (κ2) is 8.50. The second-order valence-corrected chi connectivity index (χ2v) is 12.4. The molecule has 0 aliphatic rings. The number of thiophene rings is 2. The molecule has 9 aromatic rings. The van der Waals surface area contributed by atoms with Crippen molar-refractivity contribution in [1.29, 1.82) is 0 Å². The minimum absolute atomic E-state index is 1.26. The van der Waals surface area contributed by atoms with Crippen LogP contribution in [-0.2, 0) is 0 Å². The van der Waals surface area contributed by atoms with Gasteiger partial charge in [0.15, 0.2) is 0 Å². The van der Waals surface area contributed by atoms with Crippen LogP contribution in [0.2, 0.25) is 0 Å². The molecule has 40 heavy (non-hydrogen) atoms. The van der Waals surface area contributed by atoms with Crippen LogP contribution in [0.4, 0.5) is 0 Å². The molecule has 0 spiro atoms. The van der Waals surface area contributed by atoms with Crippen LogP contribution in [0.3, 0.4) is 0 Å². The summed E-state index contributed by atoms with van der Waals surface area (Å²) in [4.78, 5) is 0. The van der Waals surface area contributed by atoms with Crippen molar-refractivity contribution in [2.24, 2.45) is 0 Å². The first-order valence-corrected chi connectivity index (χ1v) is 15.3. The van der Waals surface area contributed by atoms with Crippen LogP contribution in [0, 0.1) is 0 Å². The molecule has 7 aromatic carbocycles. The van der Waals surface area contributed by atoms with E-state index in [4.69, 9.17) is 0 Å². The molecular formula is C38H22S2. The normalized spacial score (nSPS) is 12.0. The molecule has 0 aliphatic heterocycles. The van der Waals surface area contributed by atoms with Crippen LogP contribution in [0.15, 0.2) is 133 Å². The molecule has 0 radical (unpaired) electrons. The largest absolute Gasteiger partial charge is 0.143 e. The van der Waals surface area contributed by atoms with Gasteiger partial charge >= 0.3 is 0 Å². The Labute approximate surface area is 239 Å². The predicted octanol–water partition coefficient (Wildman–Crippen LogP) is 12.1. The first kappa shape index (κ1) is 22.3. The summed E-state index contributed by atoms with van der Waals surface area (Å²) in [7, 11) is 0. The summed E-state index contributed by atoms with van der Waals surface area (Å²) in [6, 6.07) is 47.2. The van der Waals surface area contributed by atoms with Crippen LogP contribution in [0.1, 0.15) is 0 Å². The maximum Gasteiger partial charge on any atom is 0.0435 e. The lowest BCUT2D eigenvalue weighted by molar-refractivity contribution is 1.69. The lowest BCUT2D eigenvalue weighted by Gasteiger charge is -2.18. The van der Waals surface area contributed by atoms with Gasteiger partial charge in [-0.3, -0.25) is 0 Å². The fraction of sp³-hybridized carbons (Fsp3) is 0. The summed E-state index contributed by atoms with van der Waals surface area (Å²) in [6.07, 6.45) is 0. The van der Waals surface area contributed by atoms with Gasteiger partial charge in [0.05, 0.1) is 0 Å². The summed E-state index contributed by atoms with van der Waals surface area (Å²) >= 11 is 3.78. The van der Waals surface area contributed by atoms with Gasteiger partial charge in [-0.05, 0) is 78.0 Å². The van der Waals surface area contributed by atoms with Crippen LogP contribution in [-0.4, -0.2) is 0 Å². The monoisotopic (exact) mass is 542 g/mol. The average molecular weight is 543 g/mol. The zero-order valence-corrected chi connectivity index (χ0v) is 23.2. The number of fused-ring (bicyclic) bond motifs is 8. The summed E-state index contributed by atoms with van der Waals surface area (Å²) < 4.78 is 4.12. The Kier molecular flexibility index (Phi) is 4.74. The van der Waals surface area contributed by atoms with E-state index in [1.165, 1.54) is 84.8 Å². The third-order valence-electron chi connectivity index (χ3n) is 8.32. The molecule has 0 N–H and O–H groups in total. The Morgan fingerprint density at radius 1 is 0.425 bits per heavy atom. The van der Waals surface area contributed by atoms with Crippen LogP contribution >= 0.6 is 22.7 Å². The van der Waals surface area contributed by atoms with E-state index in [-0.39, 0.29) is 0 Å². The van der Waals surface area contributed by atoms with E-state index in [2.05, 4.69) is 133 Å². The molecule has 2 heterocycles. The van der Waals surface area contributed by atoms with Crippen molar-refractivity contribution in [2.45, 2.75) is 0 Å². The van der Waals surface area contributed by atoms with Gasteiger partial charge in [-0.25, -0.2) is 0 Å². The molecule has 0 nitrogen and oxygen atoms in total. The van der Waals surface area contributed by atoms with E-state index < -0.39 is 0 Å². The molecule has 0 atom stereocenters. The highest BCUT2D eigenvalue weighted by Gasteiger charge is 2.20. The van der Waals surface area contributed by atoms with Crippen LogP contribution in [0.5, 0.6) is 0 Å². The first-order valence-electron chi connectivity index (χ1n) is 13.6. The molecular weight excluding hydrogens is 521 g/mol. The van der Waals surface area contributed by atoms with E-state index in [1.54, 1.807) is 0 Å². The lowest BCUT2D eigenvalue weighted by Crippen LogP contribution is -1.91. The minimum Gasteiger partial charge on any atom is -0.143 e. The quantitative estimate of drug-likeness (QED) is 0.191. The van der Waals surface area contributed by atoms with Gasteiger partial charge in [-0.1, -0.05) is 109 Å². The molecule has 0 saturated carbocycles. The predicted molar refractivity (Wildman–Crippen MR) is 178 cm³/mol. The molecule has 2 heteroatoms. The molecule has 0 amide bonds. The Balaban J connectivity index is 1.43. The van der Waals surface area contributed by atoms with Crippen molar-refractivity contribution < 1.29 is 0 Å². The van der Waals surface area contributed by atoms with E-state index >= 15 is 0 Å². The topological polar surface area (TPSA) is 0 Å². The van der Waals surface area contributed by atoms with Gasteiger partial charge in [-0.2, -0.15) is 0 Å². The molecule has 0 aliphatic carbocycles. The van der Waals surface area contributed by atoms with E-state index in [0.717, 1.165) is 0 Å². The Morgan fingerprint density at radius 3 is 1.85 bits per heavy atom. The highest BCUT2D eigenvalue weighted by molar-refractivity contribution is 7.27. The first-order chi connectivity index (χ1) is 19.8. The van der Waals surface area contributed by atoms with Crippen LogP contribution in [0.25, 0.3) is 84.8 Å². The fourth-order valence-corrected chi connectivity index (χ4v) is 8.83.